The summed E-state index contributed by atoms with van der Waals surface area (Å²) < 4.78 is 1.57. The van der Waals surface area contributed by atoms with Gasteiger partial charge in [0.05, 0.1) is 17.5 Å². The highest BCUT2D eigenvalue weighted by molar-refractivity contribution is 5.36. The molecule has 0 radical (unpaired) electrons. The number of hydrogen-bond donors (Lipinski definition) is 0. The molecule has 0 saturated heterocycles. The van der Waals surface area contributed by atoms with E-state index in [9.17, 15) is 4.79 Å². The molecule has 2 aromatic heterocycles. The van der Waals surface area contributed by atoms with Gasteiger partial charge in [-0.2, -0.15) is 10.1 Å². The molecular weight excluding hydrogens is 180 g/mol. The van der Waals surface area contributed by atoms with Crippen molar-refractivity contribution in [2.24, 2.45) is 0 Å². The molecule has 14 heavy (non-hydrogen) atoms. The third-order valence-corrected chi connectivity index (χ3v) is 2.10. The molecule has 0 saturated carbocycles. The number of aryl methyl sites for hydroxylation is 3. The fraction of sp³-hybridized carbons (Fsp3) is 0.333. The van der Waals surface area contributed by atoms with Gasteiger partial charge in [-0.05, 0) is 20.8 Å². The van der Waals surface area contributed by atoms with Crippen LogP contribution in [0, 0.1) is 20.8 Å². The van der Waals surface area contributed by atoms with E-state index in [0.29, 0.717) is 11.5 Å². The first-order valence-electron chi connectivity index (χ1n) is 4.30. The van der Waals surface area contributed by atoms with E-state index in [4.69, 9.17) is 0 Å². The molecule has 0 bridgehead atoms. The average molecular weight is 190 g/mol. The van der Waals surface area contributed by atoms with Crippen LogP contribution in [-0.2, 0) is 0 Å². The second kappa shape index (κ2) is 2.87. The van der Waals surface area contributed by atoms with Crippen LogP contribution < -0.4 is 5.56 Å². The van der Waals surface area contributed by atoms with Crippen molar-refractivity contribution in [3.8, 4) is 0 Å². The Morgan fingerprint density at radius 1 is 1.14 bits per heavy atom. The van der Waals surface area contributed by atoms with Crippen LogP contribution in [0.5, 0.6) is 0 Å². The molecule has 72 valence electrons. The summed E-state index contributed by atoms with van der Waals surface area (Å²) in [7, 11) is 0. The molecule has 0 fully saturated rings. The Morgan fingerprint density at radius 3 is 2.57 bits per heavy atom. The van der Waals surface area contributed by atoms with Gasteiger partial charge in [-0.3, -0.25) is 4.79 Å². The van der Waals surface area contributed by atoms with Crippen LogP contribution in [0.4, 0.5) is 0 Å². The summed E-state index contributed by atoms with van der Waals surface area (Å²) in [5, 5.41) is 4.27. The lowest BCUT2D eigenvalue weighted by Gasteiger charge is -2.04. The highest BCUT2D eigenvalue weighted by Crippen LogP contribution is 2.02. The lowest BCUT2D eigenvalue weighted by Crippen LogP contribution is -2.15. The minimum absolute atomic E-state index is 0.278. The lowest BCUT2D eigenvalue weighted by atomic mass is 10.4. The van der Waals surface area contributed by atoms with E-state index in [0.717, 1.165) is 11.4 Å². The molecule has 0 aliphatic carbocycles. The predicted molar refractivity (Wildman–Crippen MR) is 51.3 cm³/mol. The lowest BCUT2D eigenvalue weighted by molar-refractivity contribution is 0.779. The first-order valence-corrected chi connectivity index (χ1v) is 4.30. The van der Waals surface area contributed by atoms with E-state index in [2.05, 4.69) is 15.1 Å². The maximum absolute atomic E-state index is 11.1. The molecule has 0 aliphatic rings. The Balaban J connectivity index is 2.96. The molecule has 0 amide bonds. The summed E-state index contributed by atoms with van der Waals surface area (Å²) in [6.07, 6.45) is 0. The Bertz CT molecular complexity index is 558. The van der Waals surface area contributed by atoms with E-state index < -0.39 is 0 Å². The van der Waals surface area contributed by atoms with Crippen molar-refractivity contribution in [1.82, 2.24) is 19.6 Å². The van der Waals surface area contributed by atoms with E-state index in [1.165, 1.54) is 6.07 Å². The highest BCUT2D eigenvalue weighted by Gasteiger charge is 2.03. The van der Waals surface area contributed by atoms with E-state index in [-0.39, 0.29) is 5.56 Å². The zero-order chi connectivity index (χ0) is 10.3. The Labute approximate surface area is 80.4 Å². The second-order valence-electron chi connectivity index (χ2n) is 3.19. The van der Waals surface area contributed by atoms with Crippen LogP contribution in [0.1, 0.15) is 17.2 Å². The summed E-state index contributed by atoms with van der Waals surface area (Å²) in [5.74, 6) is 0.558. The molecule has 0 spiro atoms. The number of rotatable bonds is 0. The minimum atomic E-state index is -0.278. The molecule has 0 unspecified atom stereocenters. The zero-order valence-electron chi connectivity index (χ0n) is 8.27. The van der Waals surface area contributed by atoms with Crippen molar-refractivity contribution in [2.45, 2.75) is 20.8 Å². The molecule has 5 nitrogen and oxygen atoms in total. The van der Waals surface area contributed by atoms with Gasteiger partial charge in [-0.25, -0.2) is 9.50 Å². The van der Waals surface area contributed by atoms with E-state index in [1.807, 2.05) is 13.8 Å². The number of fused-ring (bicyclic) bond motifs is 1. The van der Waals surface area contributed by atoms with Crippen molar-refractivity contribution in [2.75, 3.05) is 0 Å². The maximum atomic E-state index is 11.1. The van der Waals surface area contributed by atoms with Crippen molar-refractivity contribution in [1.29, 1.82) is 0 Å². The summed E-state index contributed by atoms with van der Waals surface area (Å²) >= 11 is 0. The molecule has 2 heterocycles. The van der Waals surface area contributed by atoms with Crippen LogP contribution in [0.2, 0.25) is 0 Å². The topological polar surface area (TPSA) is 60.2 Å². The molecule has 0 atom stereocenters. The average Bonchev–Trinajstić information content (AvgIpc) is 2.08. The van der Waals surface area contributed by atoms with Crippen molar-refractivity contribution < 1.29 is 0 Å². The SMILES string of the molecule is Cc1nc2cc(=O)nc(C)n2nc1C. The fourth-order valence-electron chi connectivity index (χ4n) is 1.25. The normalized spacial score (nSPS) is 10.8. The number of aromatic nitrogens is 4. The predicted octanol–water partition coefficient (Wildman–Crippen LogP) is 0.410. The summed E-state index contributed by atoms with van der Waals surface area (Å²) in [4.78, 5) is 19.1. The molecule has 5 heteroatoms. The summed E-state index contributed by atoms with van der Waals surface area (Å²) in [6.45, 7) is 5.47. The van der Waals surface area contributed by atoms with Crippen LogP contribution in [-0.4, -0.2) is 19.6 Å². The molecule has 2 aromatic rings. The van der Waals surface area contributed by atoms with Gasteiger partial charge in [-0.15, -0.1) is 0 Å². The van der Waals surface area contributed by atoms with Crippen LogP contribution in [0.15, 0.2) is 10.9 Å². The maximum Gasteiger partial charge on any atom is 0.275 e. The molecule has 0 N–H and O–H groups in total. The van der Waals surface area contributed by atoms with Gasteiger partial charge in [0.25, 0.3) is 5.56 Å². The fourth-order valence-corrected chi connectivity index (χ4v) is 1.25. The van der Waals surface area contributed by atoms with Gasteiger partial charge in [0.1, 0.15) is 5.82 Å². The summed E-state index contributed by atoms with van der Waals surface area (Å²) in [5.41, 5.74) is 1.94. The first kappa shape index (κ1) is 8.80. The van der Waals surface area contributed by atoms with E-state index in [1.54, 1.807) is 11.4 Å². The standard InChI is InChI=1S/C9H10N4O/c1-5-6(2)12-13-7(3)11-9(14)4-8(13)10-5/h4H,1-3H3. The van der Waals surface area contributed by atoms with E-state index >= 15 is 0 Å². The van der Waals surface area contributed by atoms with Crippen molar-refractivity contribution >= 4 is 5.65 Å². The Hall–Kier alpha value is -1.78. The molecule has 0 aliphatic heterocycles. The Kier molecular flexibility index (Phi) is 1.80. The molecular formula is C9H10N4O. The van der Waals surface area contributed by atoms with Gasteiger partial charge in [0.2, 0.25) is 0 Å². The first-order chi connectivity index (χ1) is 6.58. The molecule has 2 rings (SSSR count). The second-order valence-corrected chi connectivity index (χ2v) is 3.19. The monoisotopic (exact) mass is 190 g/mol. The van der Waals surface area contributed by atoms with Gasteiger partial charge >= 0.3 is 0 Å². The van der Waals surface area contributed by atoms with Gasteiger partial charge in [-0.1, -0.05) is 0 Å². The van der Waals surface area contributed by atoms with Gasteiger partial charge in [0, 0.05) is 0 Å². The number of nitrogens with zero attached hydrogens (tertiary/aromatic N) is 4. The van der Waals surface area contributed by atoms with Crippen LogP contribution in [0.25, 0.3) is 5.65 Å². The third kappa shape index (κ3) is 1.26. The van der Waals surface area contributed by atoms with Crippen LogP contribution >= 0.6 is 0 Å². The van der Waals surface area contributed by atoms with Gasteiger partial charge < -0.3 is 0 Å². The zero-order valence-corrected chi connectivity index (χ0v) is 8.27. The smallest absolute Gasteiger partial charge is 0.267 e. The Morgan fingerprint density at radius 2 is 1.86 bits per heavy atom. The largest absolute Gasteiger partial charge is 0.275 e. The quantitative estimate of drug-likeness (QED) is 0.603. The minimum Gasteiger partial charge on any atom is -0.267 e. The highest BCUT2D eigenvalue weighted by atomic mass is 16.1. The van der Waals surface area contributed by atoms with Gasteiger partial charge in [0.15, 0.2) is 5.65 Å². The van der Waals surface area contributed by atoms with Crippen LogP contribution in [0.3, 0.4) is 0 Å². The van der Waals surface area contributed by atoms with Crippen molar-refractivity contribution in [3.63, 3.8) is 0 Å². The number of hydrogen-bond acceptors (Lipinski definition) is 4. The summed E-state index contributed by atoms with van der Waals surface area (Å²) in [6, 6.07) is 1.38. The third-order valence-electron chi connectivity index (χ3n) is 2.10. The van der Waals surface area contributed by atoms with Crippen molar-refractivity contribution in [3.05, 3.63) is 33.6 Å². The molecule has 0 aromatic carbocycles.